The van der Waals surface area contributed by atoms with Crippen LogP contribution in [0.25, 0.3) is 11.4 Å². The number of aromatic nitrogens is 4. The van der Waals surface area contributed by atoms with Crippen LogP contribution in [0, 0.1) is 6.92 Å². The Morgan fingerprint density at radius 3 is 2.50 bits per heavy atom. The van der Waals surface area contributed by atoms with Gasteiger partial charge in [0.05, 0.1) is 17.6 Å². The van der Waals surface area contributed by atoms with Gasteiger partial charge in [0.1, 0.15) is 5.82 Å². The van der Waals surface area contributed by atoms with Gasteiger partial charge in [0.2, 0.25) is 5.95 Å². The maximum absolute atomic E-state index is 13.1. The molecule has 3 heterocycles. The van der Waals surface area contributed by atoms with E-state index in [-0.39, 0.29) is 5.91 Å². The first-order chi connectivity index (χ1) is 17.5. The molecule has 2 aromatic heterocycles. The zero-order valence-corrected chi connectivity index (χ0v) is 21.7. The third-order valence-corrected chi connectivity index (χ3v) is 7.53. The lowest BCUT2D eigenvalue weighted by Crippen LogP contribution is -2.37. The molecular formula is C28H37N7O. The summed E-state index contributed by atoms with van der Waals surface area (Å²) >= 11 is 0. The predicted octanol–water partition coefficient (Wildman–Crippen LogP) is 5.06. The van der Waals surface area contributed by atoms with Crippen LogP contribution >= 0.6 is 0 Å². The van der Waals surface area contributed by atoms with Crippen LogP contribution in [0.4, 0.5) is 11.6 Å². The average Bonchev–Trinajstić information content (AvgIpc) is 3.47. The van der Waals surface area contributed by atoms with Crippen molar-refractivity contribution in [3.8, 4) is 11.4 Å². The van der Waals surface area contributed by atoms with Crippen LogP contribution < -0.4 is 5.32 Å². The van der Waals surface area contributed by atoms with Gasteiger partial charge < -0.3 is 14.8 Å². The number of aryl methyl sites for hydroxylation is 1. The minimum Gasteiger partial charge on any atom is -0.337 e. The summed E-state index contributed by atoms with van der Waals surface area (Å²) in [5.41, 5.74) is 3.47. The van der Waals surface area contributed by atoms with Gasteiger partial charge in [-0.25, -0.2) is 15.0 Å². The Morgan fingerprint density at radius 2 is 1.75 bits per heavy atom. The summed E-state index contributed by atoms with van der Waals surface area (Å²) < 4.78 is 2.34. The zero-order valence-electron chi connectivity index (χ0n) is 21.7. The van der Waals surface area contributed by atoms with Gasteiger partial charge in [-0.05, 0) is 70.4 Å². The highest BCUT2D eigenvalue weighted by Crippen LogP contribution is 2.34. The molecule has 1 aliphatic carbocycles. The van der Waals surface area contributed by atoms with Gasteiger partial charge in [-0.2, -0.15) is 0 Å². The molecule has 3 aromatic rings. The number of carbonyl (C=O) groups is 1. The zero-order chi connectivity index (χ0) is 25.1. The molecule has 0 unspecified atom stereocenters. The van der Waals surface area contributed by atoms with Crippen LogP contribution in [-0.4, -0.2) is 67.4 Å². The highest BCUT2D eigenvalue weighted by atomic mass is 16.2. The molecule has 8 nitrogen and oxygen atoms in total. The van der Waals surface area contributed by atoms with E-state index in [2.05, 4.69) is 45.5 Å². The maximum atomic E-state index is 13.1. The molecule has 5 rings (SSSR count). The molecule has 1 aliphatic heterocycles. The standard InChI is InChI=1S/C28H37N7O/c1-20(2)33-15-6-16-34(18-17-33)27(36)22-9-11-23(12-10-22)31-28-29-14-13-25(32-28)26-19-30-21(3)35(26)24-7-4-5-8-24/h9-14,19-20,24H,4-8,15-18H2,1-3H3,(H,29,31,32). The number of nitrogens with one attached hydrogen (secondary N) is 1. The van der Waals surface area contributed by atoms with E-state index < -0.39 is 0 Å². The fourth-order valence-corrected chi connectivity index (χ4v) is 5.49. The molecule has 36 heavy (non-hydrogen) atoms. The monoisotopic (exact) mass is 487 g/mol. The van der Waals surface area contributed by atoms with Crippen LogP contribution in [-0.2, 0) is 0 Å². The number of hydrogen-bond donors (Lipinski definition) is 1. The topological polar surface area (TPSA) is 79.2 Å². The van der Waals surface area contributed by atoms with Gasteiger partial charge >= 0.3 is 0 Å². The van der Waals surface area contributed by atoms with Crippen LogP contribution in [0.15, 0.2) is 42.7 Å². The lowest BCUT2D eigenvalue weighted by Gasteiger charge is -2.25. The van der Waals surface area contributed by atoms with Crippen LogP contribution in [0.2, 0.25) is 0 Å². The number of amides is 1. The molecular weight excluding hydrogens is 450 g/mol. The van der Waals surface area contributed by atoms with Crippen LogP contribution in [0.3, 0.4) is 0 Å². The number of rotatable bonds is 6. The smallest absolute Gasteiger partial charge is 0.253 e. The summed E-state index contributed by atoms with van der Waals surface area (Å²) in [6.45, 7) is 10.0. The molecule has 190 valence electrons. The van der Waals surface area contributed by atoms with E-state index in [0.29, 0.717) is 23.6 Å². The van der Waals surface area contributed by atoms with E-state index in [4.69, 9.17) is 4.98 Å². The highest BCUT2D eigenvalue weighted by molar-refractivity contribution is 5.94. The Morgan fingerprint density at radius 1 is 0.972 bits per heavy atom. The van der Waals surface area contributed by atoms with E-state index in [9.17, 15) is 4.79 Å². The Hall–Kier alpha value is -3.26. The SMILES string of the molecule is Cc1ncc(-c2ccnc(Nc3ccc(C(=O)N4CCCN(C(C)C)CC4)cc3)n2)n1C1CCCC1. The predicted molar refractivity (Wildman–Crippen MR) is 142 cm³/mol. The molecule has 1 N–H and O–H groups in total. The molecule has 2 fully saturated rings. The van der Waals surface area contributed by atoms with E-state index in [1.54, 1.807) is 6.20 Å². The van der Waals surface area contributed by atoms with Crippen molar-refractivity contribution in [3.05, 3.63) is 54.1 Å². The summed E-state index contributed by atoms with van der Waals surface area (Å²) in [5.74, 6) is 1.66. The van der Waals surface area contributed by atoms with E-state index in [1.165, 1.54) is 25.7 Å². The quantitative estimate of drug-likeness (QED) is 0.523. The normalized spacial score (nSPS) is 17.5. The third-order valence-electron chi connectivity index (χ3n) is 7.53. The van der Waals surface area contributed by atoms with Crippen molar-refractivity contribution in [2.45, 2.75) is 65.0 Å². The lowest BCUT2D eigenvalue weighted by molar-refractivity contribution is 0.0759. The van der Waals surface area contributed by atoms with Crippen molar-refractivity contribution in [1.29, 1.82) is 0 Å². The first kappa shape index (κ1) is 24.4. The minimum atomic E-state index is 0.0981. The summed E-state index contributed by atoms with van der Waals surface area (Å²) in [6.07, 6.45) is 9.64. The molecule has 0 spiro atoms. The fourth-order valence-electron chi connectivity index (χ4n) is 5.49. The van der Waals surface area contributed by atoms with E-state index in [0.717, 1.165) is 55.5 Å². The minimum absolute atomic E-state index is 0.0981. The van der Waals surface area contributed by atoms with Crippen molar-refractivity contribution in [3.63, 3.8) is 0 Å². The number of nitrogens with zero attached hydrogens (tertiary/aromatic N) is 6. The summed E-state index contributed by atoms with van der Waals surface area (Å²) in [6, 6.07) is 10.6. The van der Waals surface area contributed by atoms with Crippen molar-refractivity contribution in [2.75, 3.05) is 31.5 Å². The van der Waals surface area contributed by atoms with Crippen molar-refractivity contribution >= 4 is 17.5 Å². The van der Waals surface area contributed by atoms with Crippen LogP contribution in [0.1, 0.15) is 68.2 Å². The second-order valence-electron chi connectivity index (χ2n) is 10.2. The fraction of sp³-hybridized carbons (Fsp3) is 0.500. The number of benzene rings is 1. The highest BCUT2D eigenvalue weighted by Gasteiger charge is 2.23. The maximum Gasteiger partial charge on any atom is 0.253 e. The molecule has 0 radical (unpaired) electrons. The van der Waals surface area contributed by atoms with Gasteiger partial charge in [0.15, 0.2) is 0 Å². The Bertz CT molecular complexity index is 1180. The number of imidazole rings is 1. The Kier molecular flexibility index (Phi) is 7.32. The molecule has 0 bridgehead atoms. The molecule has 1 aromatic carbocycles. The average molecular weight is 488 g/mol. The molecule has 1 amide bonds. The number of anilines is 2. The Balaban J connectivity index is 1.27. The first-order valence-corrected chi connectivity index (χ1v) is 13.3. The van der Waals surface area contributed by atoms with Crippen molar-refractivity contribution in [1.82, 2.24) is 29.3 Å². The molecule has 0 atom stereocenters. The number of carbonyl (C=O) groups excluding carboxylic acids is 1. The van der Waals surface area contributed by atoms with Crippen molar-refractivity contribution < 1.29 is 4.79 Å². The number of hydrogen-bond acceptors (Lipinski definition) is 6. The summed E-state index contributed by atoms with van der Waals surface area (Å²) in [5, 5.41) is 3.30. The lowest BCUT2D eigenvalue weighted by atomic mass is 10.1. The third kappa shape index (κ3) is 5.28. The molecule has 8 heteroatoms. The van der Waals surface area contributed by atoms with Gasteiger partial charge in [0.25, 0.3) is 5.91 Å². The van der Waals surface area contributed by atoms with Crippen molar-refractivity contribution in [2.24, 2.45) is 0 Å². The summed E-state index contributed by atoms with van der Waals surface area (Å²) in [4.78, 5) is 31.3. The van der Waals surface area contributed by atoms with Gasteiger partial charge in [0, 0.05) is 55.7 Å². The molecule has 2 aliphatic rings. The molecule has 1 saturated heterocycles. The van der Waals surface area contributed by atoms with E-state index >= 15 is 0 Å². The summed E-state index contributed by atoms with van der Waals surface area (Å²) in [7, 11) is 0. The van der Waals surface area contributed by atoms with Gasteiger partial charge in [-0.15, -0.1) is 0 Å². The Labute approximate surface area is 213 Å². The second-order valence-corrected chi connectivity index (χ2v) is 10.2. The van der Waals surface area contributed by atoms with Gasteiger partial charge in [-0.3, -0.25) is 9.69 Å². The van der Waals surface area contributed by atoms with E-state index in [1.807, 2.05) is 41.4 Å². The van der Waals surface area contributed by atoms with Crippen LogP contribution in [0.5, 0.6) is 0 Å². The first-order valence-electron chi connectivity index (χ1n) is 13.3. The largest absolute Gasteiger partial charge is 0.337 e. The van der Waals surface area contributed by atoms with Gasteiger partial charge in [-0.1, -0.05) is 12.8 Å². The second kappa shape index (κ2) is 10.8. The molecule has 1 saturated carbocycles.